The SMILES string of the molecule is CC(=CC(=O)c1ccccc1)NC(C)c1ccccc1. The molecule has 2 aromatic carbocycles. The monoisotopic (exact) mass is 265 g/mol. The van der Waals surface area contributed by atoms with Crippen molar-refractivity contribution in [2.24, 2.45) is 0 Å². The Morgan fingerprint density at radius 2 is 1.55 bits per heavy atom. The number of carbonyl (C=O) groups is 1. The summed E-state index contributed by atoms with van der Waals surface area (Å²) >= 11 is 0. The molecule has 0 saturated carbocycles. The Balaban J connectivity index is 2.03. The van der Waals surface area contributed by atoms with E-state index in [0.29, 0.717) is 5.56 Å². The minimum absolute atomic E-state index is 0.0239. The lowest BCUT2D eigenvalue weighted by atomic mass is 10.1. The van der Waals surface area contributed by atoms with Gasteiger partial charge in [0.25, 0.3) is 0 Å². The van der Waals surface area contributed by atoms with E-state index in [1.54, 1.807) is 6.08 Å². The van der Waals surface area contributed by atoms with Crippen LogP contribution in [0.15, 0.2) is 72.4 Å². The van der Waals surface area contributed by atoms with Gasteiger partial charge in [-0.2, -0.15) is 0 Å². The molecule has 1 N–H and O–H groups in total. The topological polar surface area (TPSA) is 29.1 Å². The van der Waals surface area contributed by atoms with Crippen LogP contribution in [0.2, 0.25) is 0 Å². The summed E-state index contributed by atoms with van der Waals surface area (Å²) in [4.78, 5) is 12.1. The van der Waals surface area contributed by atoms with Gasteiger partial charge in [-0.05, 0) is 19.4 Å². The highest BCUT2D eigenvalue weighted by atomic mass is 16.1. The summed E-state index contributed by atoms with van der Waals surface area (Å²) < 4.78 is 0. The van der Waals surface area contributed by atoms with Gasteiger partial charge in [0.2, 0.25) is 0 Å². The number of hydrogen-bond donors (Lipinski definition) is 1. The Labute approximate surface area is 120 Å². The molecular formula is C18H19NO. The lowest BCUT2D eigenvalue weighted by Gasteiger charge is -2.15. The van der Waals surface area contributed by atoms with E-state index in [0.717, 1.165) is 5.70 Å². The first kappa shape index (κ1) is 14.1. The molecule has 0 radical (unpaired) electrons. The number of allylic oxidation sites excluding steroid dienone is 2. The third-order valence-electron chi connectivity index (χ3n) is 3.15. The van der Waals surface area contributed by atoms with Crippen LogP contribution in [0.25, 0.3) is 0 Å². The molecule has 2 rings (SSSR count). The van der Waals surface area contributed by atoms with Gasteiger partial charge in [-0.3, -0.25) is 4.79 Å². The largest absolute Gasteiger partial charge is 0.382 e. The number of ketones is 1. The van der Waals surface area contributed by atoms with Crippen molar-refractivity contribution in [3.05, 3.63) is 83.6 Å². The van der Waals surface area contributed by atoms with Crippen molar-refractivity contribution in [2.45, 2.75) is 19.9 Å². The fourth-order valence-electron chi connectivity index (χ4n) is 2.09. The third-order valence-corrected chi connectivity index (χ3v) is 3.15. The number of hydrogen-bond acceptors (Lipinski definition) is 2. The fourth-order valence-corrected chi connectivity index (χ4v) is 2.09. The predicted octanol–water partition coefficient (Wildman–Crippen LogP) is 4.12. The zero-order chi connectivity index (χ0) is 14.4. The van der Waals surface area contributed by atoms with Crippen molar-refractivity contribution >= 4 is 5.78 Å². The van der Waals surface area contributed by atoms with Crippen LogP contribution in [-0.4, -0.2) is 5.78 Å². The lowest BCUT2D eigenvalue weighted by Crippen LogP contribution is -2.17. The Morgan fingerprint density at radius 3 is 2.15 bits per heavy atom. The molecule has 0 amide bonds. The van der Waals surface area contributed by atoms with E-state index in [1.165, 1.54) is 5.56 Å². The molecule has 0 aromatic heterocycles. The minimum Gasteiger partial charge on any atom is -0.382 e. The van der Waals surface area contributed by atoms with E-state index in [2.05, 4.69) is 24.4 Å². The number of rotatable bonds is 5. The van der Waals surface area contributed by atoms with Crippen LogP contribution in [0, 0.1) is 0 Å². The van der Waals surface area contributed by atoms with Gasteiger partial charge in [-0.25, -0.2) is 0 Å². The Morgan fingerprint density at radius 1 is 1.00 bits per heavy atom. The zero-order valence-electron chi connectivity index (χ0n) is 11.8. The van der Waals surface area contributed by atoms with E-state index in [4.69, 9.17) is 0 Å². The Kier molecular flexibility index (Phi) is 4.72. The standard InChI is InChI=1S/C18H19NO/c1-14(13-18(20)17-11-7-4-8-12-17)19-15(2)16-9-5-3-6-10-16/h3-13,15,19H,1-2H3. The van der Waals surface area contributed by atoms with Crippen molar-refractivity contribution in [3.8, 4) is 0 Å². The van der Waals surface area contributed by atoms with Gasteiger partial charge in [0.15, 0.2) is 5.78 Å². The maximum absolute atomic E-state index is 12.1. The third kappa shape index (κ3) is 3.82. The van der Waals surface area contributed by atoms with Gasteiger partial charge in [-0.15, -0.1) is 0 Å². The van der Waals surface area contributed by atoms with Gasteiger partial charge >= 0.3 is 0 Å². The molecule has 102 valence electrons. The molecule has 2 heteroatoms. The molecule has 0 aliphatic heterocycles. The van der Waals surface area contributed by atoms with E-state index in [1.807, 2.05) is 55.5 Å². The van der Waals surface area contributed by atoms with Gasteiger partial charge in [0.1, 0.15) is 0 Å². The summed E-state index contributed by atoms with van der Waals surface area (Å²) in [7, 11) is 0. The molecular weight excluding hydrogens is 246 g/mol. The first-order valence-corrected chi connectivity index (χ1v) is 6.76. The highest BCUT2D eigenvalue weighted by Crippen LogP contribution is 2.13. The van der Waals surface area contributed by atoms with Crippen LogP contribution >= 0.6 is 0 Å². The molecule has 0 bridgehead atoms. The quantitative estimate of drug-likeness (QED) is 0.650. The van der Waals surface area contributed by atoms with Crippen LogP contribution < -0.4 is 5.32 Å². The van der Waals surface area contributed by atoms with Gasteiger partial charge in [-0.1, -0.05) is 60.7 Å². The summed E-state index contributed by atoms with van der Waals surface area (Å²) in [5.41, 5.74) is 2.78. The molecule has 2 nitrogen and oxygen atoms in total. The van der Waals surface area contributed by atoms with Crippen molar-refractivity contribution < 1.29 is 4.79 Å². The molecule has 0 heterocycles. The maximum Gasteiger partial charge on any atom is 0.187 e. The average molecular weight is 265 g/mol. The van der Waals surface area contributed by atoms with E-state index < -0.39 is 0 Å². The van der Waals surface area contributed by atoms with Crippen molar-refractivity contribution in [1.82, 2.24) is 5.32 Å². The summed E-state index contributed by atoms with van der Waals surface area (Å²) in [6.07, 6.45) is 1.65. The lowest BCUT2D eigenvalue weighted by molar-refractivity contribution is 0.104. The first-order chi connectivity index (χ1) is 9.66. The van der Waals surface area contributed by atoms with Crippen LogP contribution in [0.1, 0.15) is 35.8 Å². The van der Waals surface area contributed by atoms with Crippen molar-refractivity contribution in [2.75, 3.05) is 0 Å². The highest BCUT2D eigenvalue weighted by Gasteiger charge is 2.06. The molecule has 0 fully saturated rings. The highest BCUT2D eigenvalue weighted by molar-refractivity contribution is 6.04. The first-order valence-electron chi connectivity index (χ1n) is 6.76. The molecule has 0 saturated heterocycles. The molecule has 20 heavy (non-hydrogen) atoms. The van der Waals surface area contributed by atoms with Crippen LogP contribution in [0.4, 0.5) is 0 Å². The second-order valence-electron chi connectivity index (χ2n) is 4.83. The van der Waals surface area contributed by atoms with E-state index >= 15 is 0 Å². The second-order valence-corrected chi connectivity index (χ2v) is 4.83. The van der Waals surface area contributed by atoms with Crippen LogP contribution in [0.5, 0.6) is 0 Å². The molecule has 0 aliphatic carbocycles. The molecule has 1 unspecified atom stereocenters. The van der Waals surface area contributed by atoms with Crippen LogP contribution in [0.3, 0.4) is 0 Å². The second kappa shape index (κ2) is 6.71. The Bertz CT molecular complexity index is 587. The van der Waals surface area contributed by atoms with Crippen molar-refractivity contribution in [1.29, 1.82) is 0 Å². The average Bonchev–Trinajstić information content (AvgIpc) is 2.49. The maximum atomic E-state index is 12.1. The van der Waals surface area contributed by atoms with Crippen molar-refractivity contribution in [3.63, 3.8) is 0 Å². The number of carbonyl (C=O) groups excluding carboxylic acids is 1. The van der Waals surface area contributed by atoms with Gasteiger partial charge in [0, 0.05) is 23.4 Å². The number of benzene rings is 2. The normalized spacial score (nSPS) is 12.8. The van der Waals surface area contributed by atoms with Gasteiger partial charge < -0.3 is 5.32 Å². The molecule has 1 atom stereocenters. The van der Waals surface area contributed by atoms with E-state index in [9.17, 15) is 4.79 Å². The summed E-state index contributed by atoms with van der Waals surface area (Å²) in [5.74, 6) is 0.0239. The van der Waals surface area contributed by atoms with E-state index in [-0.39, 0.29) is 11.8 Å². The predicted molar refractivity (Wildman–Crippen MR) is 82.5 cm³/mol. The van der Waals surface area contributed by atoms with Crippen LogP contribution in [-0.2, 0) is 0 Å². The number of nitrogens with one attached hydrogen (secondary N) is 1. The van der Waals surface area contributed by atoms with Gasteiger partial charge in [0.05, 0.1) is 0 Å². The smallest absolute Gasteiger partial charge is 0.187 e. The summed E-state index contributed by atoms with van der Waals surface area (Å²) in [6.45, 7) is 4.00. The zero-order valence-corrected chi connectivity index (χ0v) is 11.8. The molecule has 0 spiro atoms. The summed E-state index contributed by atoms with van der Waals surface area (Å²) in [6, 6.07) is 19.7. The molecule has 0 aliphatic rings. The summed E-state index contributed by atoms with van der Waals surface area (Å²) in [5, 5.41) is 3.34. The fraction of sp³-hybridized carbons (Fsp3) is 0.167. The minimum atomic E-state index is 0.0239. The molecule has 2 aromatic rings. The Hall–Kier alpha value is -2.35.